The first-order valence-corrected chi connectivity index (χ1v) is 5.36. The topological polar surface area (TPSA) is 64.6 Å². The zero-order chi connectivity index (χ0) is 13.3. The first kappa shape index (κ1) is 12.4. The molecular formula is C12H14N2O4. The molecular weight excluding hydrogens is 236 g/mol. The van der Waals surface area contributed by atoms with Crippen LogP contribution in [0.15, 0.2) is 36.6 Å². The molecule has 0 amide bonds. The second-order valence-electron chi connectivity index (χ2n) is 3.98. The third-order valence-electron chi connectivity index (χ3n) is 3.10. The van der Waals surface area contributed by atoms with Gasteiger partial charge in [0.2, 0.25) is 5.72 Å². The molecule has 0 aliphatic carbocycles. The van der Waals surface area contributed by atoms with Gasteiger partial charge in [-0.1, -0.05) is 6.58 Å². The molecule has 0 saturated carbocycles. The van der Waals surface area contributed by atoms with Crippen molar-refractivity contribution < 1.29 is 14.4 Å². The summed E-state index contributed by atoms with van der Waals surface area (Å²) in [6, 6.07) is 6.29. The van der Waals surface area contributed by atoms with Crippen LogP contribution in [0.5, 0.6) is 0 Å². The Bertz CT molecular complexity index is 485. The standard InChI is InChI=1S/C12H14N2O4/c1-9(17-2)12(18-3)8-13(12)10-4-6-11(7-5-10)14(15)16/h4-7H,1,8H2,2-3H3. The van der Waals surface area contributed by atoms with Gasteiger partial charge in [0.05, 0.1) is 18.6 Å². The number of ether oxygens (including phenoxy) is 2. The minimum Gasteiger partial charge on any atom is -0.497 e. The molecule has 6 nitrogen and oxygen atoms in total. The van der Waals surface area contributed by atoms with Gasteiger partial charge in [-0.3, -0.25) is 10.1 Å². The number of nitro benzene ring substituents is 1. The van der Waals surface area contributed by atoms with E-state index in [4.69, 9.17) is 9.47 Å². The second-order valence-corrected chi connectivity index (χ2v) is 3.98. The van der Waals surface area contributed by atoms with E-state index in [2.05, 4.69) is 6.58 Å². The average molecular weight is 250 g/mol. The van der Waals surface area contributed by atoms with Crippen molar-refractivity contribution in [2.24, 2.45) is 0 Å². The van der Waals surface area contributed by atoms with Crippen molar-refractivity contribution in [2.75, 3.05) is 25.7 Å². The van der Waals surface area contributed by atoms with Crippen molar-refractivity contribution in [3.05, 3.63) is 46.7 Å². The lowest BCUT2D eigenvalue weighted by Gasteiger charge is -2.18. The van der Waals surface area contributed by atoms with Crippen LogP contribution in [0.4, 0.5) is 11.4 Å². The van der Waals surface area contributed by atoms with E-state index in [-0.39, 0.29) is 5.69 Å². The molecule has 0 N–H and O–H groups in total. The molecule has 0 bridgehead atoms. The van der Waals surface area contributed by atoms with Crippen LogP contribution in [-0.2, 0) is 9.47 Å². The van der Waals surface area contributed by atoms with Gasteiger partial charge in [-0.25, -0.2) is 0 Å². The van der Waals surface area contributed by atoms with Crippen LogP contribution in [0.1, 0.15) is 0 Å². The molecule has 1 aliphatic rings. The van der Waals surface area contributed by atoms with Crippen LogP contribution in [0.3, 0.4) is 0 Å². The summed E-state index contributed by atoms with van der Waals surface area (Å²) < 4.78 is 10.5. The Hall–Kier alpha value is -2.08. The average Bonchev–Trinajstić information content (AvgIpc) is 3.14. The Morgan fingerprint density at radius 1 is 1.44 bits per heavy atom. The number of methoxy groups -OCH3 is 2. The maximum Gasteiger partial charge on any atom is 0.269 e. The lowest BCUT2D eigenvalue weighted by Crippen LogP contribution is -2.24. The summed E-state index contributed by atoms with van der Waals surface area (Å²) in [6.45, 7) is 4.42. The van der Waals surface area contributed by atoms with Crippen LogP contribution < -0.4 is 4.90 Å². The Morgan fingerprint density at radius 2 is 2.06 bits per heavy atom. The predicted octanol–water partition coefficient (Wildman–Crippen LogP) is 1.92. The van der Waals surface area contributed by atoms with Crippen LogP contribution in [0.2, 0.25) is 0 Å². The van der Waals surface area contributed by atoms with Crippen LogP contribution in [-0.4, -0.2) is 31.4 Å². The number of benzene rings is 1. The molecule has 96 valence electrons. The van der Waals surface area contributed by atoms with Gasteiger partial charge in [-0.05, 0) is 12.1 Å². The molecule has 1 heterocycles. The number of hydrogen-bond acceptors (Lipinski definition) is 5. The minimum atomic E-state index is -0.648. The SMILES string of the molecule is C=C(OC)C1(OC)CN1c1ccc([N+](=O)[O-])cc1. The molecule has 1 fully saturated rings. The highest BCUT2D eigenvalue weighted by atomic mass is 16.6. The normalized spacial score (nSPS) is 21.6. The van der Waals surface area contributed by atoms with Gasteiger partial charge >= 0.3 is 0 Å². The molecule has 0 radical (unpaired) electrons. The van der Waals surface area contributed by atoms with Crippen molar-refractivity contribution >= 4 is 11.4 Å². The van der Waals surface area contributed by atoms with Crippen LogP contribution >= 0.6 is 0 Å². The highest BCUT2D eigenvalue weighted by Gasteiger charge is 2.56. The van der Waals surface area contributed by atoms with Crippen molar-refractivity contribution in [1.82, 2.24) is 0 Å². The quantitative estimate of drug-likeness (QED) is 0.346. The number of rotatable bonds is 5. The number of non-ortho nitro benzene ring substituents is 1. The van der Waals surface area contributed by atoms with E-state index >= 15 is 0 Å². The molecule has 1 aromatic rings. The van der Waals surface area contributed by atoms with Crippen molar-refractivity contribution in [3.8, 4) is 0 Å². The molecule has 0 aromatic heterocycles. The molecule has 1 saturated heterocycles. The van der Waals surface area contributed by atoms with Crippen molar-refractivity contribution in [2.45, 2.75) is 5.72 Å². The highest BCUT2D eigenvalue weighted by Crippen LogP contribution is 2.43. The Morgan fingerprint density at radius 3 is 2.50 bits per heavy atom. The molecule has 2 rings (SSSR count). The van der Waals surface area contributed by atoms with E-state index < -0.39 is 10.6 Å². The monoisotopic (exact) mass is 250 g/mol. The first-order valence-electron chi connectivity index (χ1n) is 5.36. The fourth-order valence-corrected chi connectivity index (χ4v) is 1.92. The largest absolute Gasteiger partial charge is 0.497 e. The van der Waals surface area contributed by atoms with Gasteiger partial charge in [-0.2, -0.15) is 0 Å². The van der Waals surface area contributed by atoms with Crippen molar-refractivity contribution in [3.63, 3.8) is 0 Å². The van der Waals surface area contributed by atoms with Gasteiger partial charge in [0, 0.05) is 24.9 Å². The zero-order valence-electron chi connectivity index (χ0n) is 10.3. The fraction of sp³-hybridized carbons (Fsp3) is 0.333. The fourth-order valence-electron chi connectivity index (χ4n) is 1.92. The summed E-state index contributed by atoms with van der Waals surface area (Å²) in [5.41, 5.74) is 0.250. The molecule has 1 aromatic carbocycles. The Labute approximate surface area is 105 Å². The molecule has 1 atom stereocenters. The third-order valence-corrected chi connectivity index (χ3v) is 3.10. The van der Waals surface area contributed by atoms with E-state index in [0.717, 1.165) is 5.69 Å². The summed E-state index contributed by atoms with van der Waals surface area (Å²) in [5.74, 6) is 0.517. The zero-order valence-corrected chi connectivity index (χ0v) is 10.3. The van der Waals surface area contributed by atoms with Gasteiger partial charge in [0.25, 0.3) is 5.69 Å². The second kappa shape index (κ2) is 4.30. The van der Waals surface area contributed by atoms with E-state index in [0.29, 0.717) is 12.3 Å². The van der Waals surface area contributed by atoms with Gasteiger partial charge in [0.15, 0.2) is 0 Å². The molecule has 6 heteroatoms. The number of nitro groups is 1. The minimum absolute atomic E-state index is 0.0641. The summed E-state index contributed by atoms with van der Waals surface area (Å²) in [4.78, 5) is 12.1. The first-order chi connectivity index (χ1) is 8.55. The Balaban J connectivity index is 2.20. The van der Waals surface area contributed by atoms with E-state index in [9.17, 15) is 10.1 Å². The van der Waals surface area contributed by atoms with Gasteiger partial charge in [0.1, 0.15) is 5.76 Å². The smallest absolute Gasteiger partial charge is 0.269 e. The molecule has 1 unspecified atom stereocenters. The summed E-state index contributed by atoms with van der Waals surface area (Å²) >= 11 is 0. The number of anilines is 1. The molecule has 18 heavy (non-hydrogen) atoms. The van der Waals surface area contributed by atoms with E-state index in [1.54, 1.807) is 19.2 Å². The van der Waals surface area contributed by atoms with Crippen molar-refractivity contribution in [1.29, 1.82) is 0 Å². The Kier molecular flexibility index (Phi) is 2.96. The van der Waals surface area contributed by atoms with Crippen LogP contribution in [0.25, 0.3) is 0 Å². The summed E-state index contributed by atoms with van der Waals surface area (Å²) in [7, 11) is 3.12. The van der Waals surface area contributed by atoms with Gasteiger partial charge < -0.3 is 14.4 Å². The van der Waals surface area contributed by atoms with Gasteiger partial charge in [-0.15, -0.1) is 0 Å². The lowest BCUT2D eigenvalue weighted by atomic mass is 10.2. The third kappa shape index (κ3) is 1.80. The lowest BCUT2D eigenvalue weighted by molar-refractivity contribution is -0.384. The highest BCUT2D eigenvalue weighted by molar-refractivity contribution is 5.61. The maximum atomic E-state index is 10.6. The summed E-state index contributed by atoms with van der Waals surface area (Å²) in [5, 5.41) is 10.6. The van der Waals surface area contributed by atoms with Crippen LogP contribution in [0, 0.1) is 10.1 Å². The van der Waals surface area contributed by atoms with E-state index in [1.807, 2.05) is 4.90 Å². The summed E-state index contributed by atoms with van der Waals surface area (Å²) in [6.07, 6.45) is 0. The number of hydrogen-bond donors (Lipinski definition) is 0. The number of nitrogens with zero attached hydrogens (tertiary/aromatic N) is 2. The van der Waals surface area contributed by atoms with E-state index in [1.165, 1.54) is 19.2 Å². The predicted molar refractivity (Wildman–Crippen MR) is 66.3 cm³/mol. The molecule has 1 aliphatic heterocycles. The maximum absolute atomic E-state index is 10.6. The molecule has 0 spiro atoms.